The summed E-state index contributed by atoms with van der Waals surface area (Å²) in [5.41, 5.74) is 6.71. The maximum atomic E-state index is 5.52. The number of rotatable bonds is 6. The van der Waals surface area contributed by atoms with E-state index in [2.05, 4.69) is 20.3 Å². The smallest absolute Gasteiger partial charge is 0.133 e. The van der Waals surface area contributed by atoms with E-state index in [-0.39, 0.29) is 0 Å². The van der Waals surface area contributed by atoms with Crippen molar-refractivity contribution in [3.8, 4) is 0 Å². The molecular formula is C12H18N6. The van der Waals surface area contributed by atoms with E-state index in [0.29, 0.717) is 6.54 Å². The van der Waals surface area contributed by atoms with Gasteiger partial charge in [-0.2, -0.15) is 0 Å². The van der Waals surface area contributed by atoms with Gasteiger partial charge in [0.2, 0.25) is 0 Å². The summed E-state index contributed by atoms with van der Waals surface area (Å²) in [5.74, 6) is 1.68. The number of nitrogens with one attached hydrogen (secondary N) is 2. The summed E-state index contributed by atoms with van der Waals surface area (Å²) in [6.07, 6.45) is 5.41. The quantitative estimate of drug-likeness (QED) is 0.702. The lowest BCUT2D eigenvalue weighted by Gasteiger charge is -2.17. The van der Waals surface area contributed by atoms with Gasteiger partial charge in [-0.25, -0.2) is 9.97 Å². The zero-order chi connectivity index (χ0) is 12.8. The molecule has 2 rings (SSSR count). The molecule has 18 heavy (non-hydrogen) atoms. The van der Waals surface area contributed by atoms with Gasteiger partial charge in [0.05, 0.1) is 0 Å². The van der Waals surface area contributed by atoms with Gasteiger partial charge in [0.25, 0.3) is 0 Å². The van der Waals surface area contributed by atoms with Crippen LogP contribution in [0.4, 0.5) is 11.6 Å². The first-order valence-corrected chi connectivity index (χ1v) is 5.88. The summed E-state index contributed by atoms with van der Waals surface area (Å²) in [4.78, 5) is 13.4. The molecule has 0 bridgehead atoms. The van der Waals surface area contributed by atoms with Gasteiger partial charge in [0.15, 0.2) is 0 Å². The Kier molecular flexibility index (Phi) is 4.14. The van der Waals surface area contributed by atoms with Crippen molar-refractivity contribution >= 4 is 11.6 Å². The predicted molar refractivity (Wildman–Crippen MR) is 72.5 cm³/mol. The summed E-state index contributed by atoms with van der Waals surface area (Å²) in [7, 11) is 1.96. The maximum Gasteiger partial charge on any atom is 0.133 e. The van der Waals surface area contributed by atoms with E-state index in [4.69, 9.17) is 5.73 Å². The van der Waals surface area contributed by atoms with Crippen LogP contribution in [-0.2, 0) is 6.54 Å². The first-order valence-electron chi connectivity index (χ1n) is 5.88. The van der Waals surface area contributed by atoms with E-state index in [9.17, 15) is 0 Å². The van der Waals surface area contributed by atoms with Crippen molar-refractivity contribution in [2.45, 2.75) is 6.54 Å². The normalized spacial score (nSPS) is 10.3. The monoisotopic (exact) mass is 246 g/mol. The number of hydrogen-bond donors (Lipinski definition) is 3. The zero-order valence-corrected chi connectivity index (χ0v) is 10.4. The number of nitrogens with zero attached hydrogens (tertiary/aromatic N) is 3. The third kappa shape index (κ3) is 3.21. The molecule has 0 radical (unpaired) electrons. The molecule has 2 heterocycles. The molecule has 0 aliphatic heterocycles. The van der Waals surface area contributed by atoms with Crippen LogP contribution < -0.4 is 16.0 Å². The van der Waals surface area contributed by atoms with Crippen LogP contribution in [0.2, 0.25) is 0 Å². The van der Waals surface area contributed by atoms with Crippen LogP contribution in [0.3, 0.4) is 0 Å². The lowest BCUT2D eigenvalue weighted by Crippen LogP contribution is -2.25. The van der Waals surface area contributed by atoms with E-state index in [1.54, 1.807) is 6.33 Å². The Bertz CT molecular complexity index is 467. The van der Waals surface area contributed by atoms with Gasteiger partial charge in [-0.3, -0.25) is 0 Å². The Morgan fingerprint density at radius 3 is 3.06 bits per heavy atom. The molecule has 6 nitrogen and oxygen atoms in total. The van der Waals surface area contributed by atoms with Crippen LogP contribution in [0, 0.1) is 0 Å². The second kappa shape index (κ2) is 6.02. The predicted octanol–water partition coefficient (Wildman–Crippen LogP) is 0.812. The molecule has 0 saturated heterocycles. The van der Waals surface area contributed by atoms with Crippen LogP contribution >= 0.6 is 0 Å². The van der Waals surface area contributed by atoms with E-state index < -0.39 is 0 Å². The molecule has 0 aromatic carbocycles. The van der Waals surface area contributed by atoms with Crippen molar-refractivity contribution in [1.82, 2.24) is 15.0 Å². The maximum absolute atomic E-state index is 5.52. The van der Waals surface area contributed by atoms with Crippen LogP contribution in [-0.4, -0.2) is 35.1 Å². The molecule has 0 aliphatic rings. The summed E-state index contributed by atoms with van der Waals surface area (Å²) >= 11 is 0. The Hall–Kier alpha value is -2.08. The third-order valence-corrected chi connectivity index (χ3v) is 2.64. The molecule has 0 aliphatic carbocycles. The average molecular weight is 246 g/mol. The van der Waals surface area contributed by atoms with Gasteiger partial charge < -0.3 is 20.9 Å². The largest absolute Gasteiger partial charge is 0.367 e. The second-order valence-electron chi connectivity index (χ2n) is 4.04. The lowest BCUT2D eigenvalue weighted by molar-refractivity contribution is 0.863. The number of aromatic amines is 1. The number of likely N-dealkylation sites (N-methyl/N-ethyl adjacent to an activating group) is 1. The highest BCUT2D eigenvalue weighted by molar-refractivity contribution is 5.48. The Morgan fingerprint density at radius 1 is 1.44 bits per heavy atom. The van der Waals surface area contributed by atoms with Gasteiger partial charge in [-0.05, 0) is 11.6 Å². The molecule has 0 fully saturated rings. The van der Waals surface area contributed by atoms with E-state index in [1.807, 2.05) is 36.5 Å². The Morgan fingerprint density at radius 2 is 2.33 bits per heavy atom. The van der Waals surface area contributed by atoms with Crippen molar-refractivity contribution in [2.24, 2.45) is 5.73 Å². The van der Waals surface area contributed by atoms with Crippen LogP contribution in [0.5, 0.6) is 0 Å². The molecule has 2 aromatic rings. The fourth-order valence-corrected chi connectivity index (χ4v) is 1.62. The molecule has 0 spiro atoms. The van der Waals surface area contributed by atoms with Crippen molar-refractivity contribution in [1.29, 1.82) is 0 Å². The molecule has 0 saturated carbocycles. The topological polar surface area (TPSA) is 82.9 Å². The molecule has 0 amide bonds. The average Bonchev–Trinajstić information content (AvgIpc) is 2.90. The Labute approximate surface area is 106 Å². The summed E-state index contributed by atoms with van der Waals surface area (Å²) < 4.78 is 0. The highest BCUT2D eigenvalue weighted by Crippen LogP contribution is 2.12. The highest BCUT2D eigenvalue weighted by Gasteiger charge is 2.03. The van der Waals surface area contributed by atoms with E-state index in [0.717, 1.165) is 24.7 Å². The third-order valence-electron chi connectivity index (χ3n) is 2.64. The van der Waals surface area contributed by atoms with Gasteiger partial charge in [0, 0.05) is 45.1 Å². The summed E-state index contributed by atoms with van der Waals surface area (Å²) in [5, 5.41) is 3.26. The van der Waals surface area contributed by atoms with E-state index in [1.165, 1.54) is 5.56 Å². The fourth-order valence-electron chi connectivity index (χ4n) is 1.62. The minimum atomic E-state index is 0.604. The molecule has 0 unspecified atom stereocenters. The molecule has 6 heteroatoms. The van der Waals surface area contributed by atoms with Crippen LogP contribution in [0.15, 0.2) is 30.9 Å². The minimum absolute atomic E-state index is 0.604. The van der Waals surface area contributed by atoms with Crippen LogP contribution in [0.1, 0.15) is 5.56 Å². The summed E-state index contributed by atoms with van der Waals surface area (Å²) in [6.45, 7) is 2.11. The minimum Gasteiger partial charge on any atom is -0.367 e. The molecule has 96 valence electrons. The van der Waals surface area contributed by atoms with Gasteiger partial charge in [-0.15, -0.1) is 0 Å². The SMILES string of the molecule is CN(CCN)c1cc(NCc2cc[nH]c2)ncn1. The zero-order valence-electron chi connectivity index (χ0n) is 10.4. The first-order chi connectivity index (χ1) is 8.79. The lowest BCUT2D eigenvalue weighted by atomic mass is 10.3. The molecule has 4 N–H and O–H groups in total. The number of hydrogen-bond acceptors (Lipinski definition) is 5. The Balaban J connectivity index is 1.98. The van der Waals surface area contributed by atoms with Gasteiger partial charge in [-0.1, -0.05) is 0 Å². The highest BCUT2D eigenvalue weighted by atomic mass is 15.2. The molecule has 2 aromatic heterocycles. The number of aromatic nitrogens is 3. The number of anilines is 2. The van der Waals surface area contributed by atoms with Gasteiger partial charge in [0.1, 0.15) is 18.0 Å². The number of nitrogens with two attached hydrogens (primary N) is 1. The van der Waals surface area contributed by atoms with Gasteiger partial charge >= 0.3 is 0 Å². The molecular weight excluding hydrogens is 228 g/mol. The standard InChI is InChI=1S/C12H18N6/c1-18(5-3-13)12-6-11(16-9-17-12)15-8-10-2-4-14-7-10/h2,4,6-7,9,14H,3,5,8,13H2,1H3,(H,15,16,17). The fraction of sp³-hybridized carbons (Fsp3) is 0.333. The van der Waals surface area contributed by atoms with E-state index >= 15 is 0 Å². The second-order valence-corrected chi connectivity index (χ2v) is 4.04. The first kappa shape index (κ1) is 12.4. The van der Waals surface area contributed by atoms with Crippen LogP contribution in [0.25, 0.3) is 0 Å². The molecule has 0 atom stereocenters. The van der Waals surface area contributed by atoms with Crippen molar-refractivity contribution < 1.29 is 0 Å². The summed E-state index contributed by atoms with van der Waals surface area (Å²) in [6, 6.07) is 3.94. The van der Waals surface area contributed by atoms with Crippen molar-refractivity contribution in [3.05, 3.63) is 36.4 Å². The van der Waals surface area contributed by atoms with Crippen molar-refractivity contribution in [2.75, 3.05) is 30.4 Å². The number of H-pyrrole nitrogens is 1. The van der Waals surface area contributed by atoms with Crippen molar-refractivity contribution in [3.63, 3.8) is 0 Å².